The molecule has 104 valence electrons. The Morgan fingerprint density at radius 2 is 1.95 bits per heavy atom. The van der Waals surface area contributed by atoms with Crippen LogP contribution in [0.15, 0.2) is 41.1 Å². The van der Waals surface area contributed by atoms with Crippen LogP contribution in [-0.2, 0) is 17.8 Å². The largest absolute Gasteiger partial charge is 0.481 e. The molecule has 0 saturated carbocycles. The van der Waals surface area contributed by atoms with E-state index in [4.69, 9.17) is 9.63 Å². The zero-order valence-corrected chi connectivity index (χ0v) is 10.5. The van der Waals surface area contributed by atoms with Gasteiger partial charge >= 0.3 is 12.0 Å². The van der Waals surface area contributed by atoms with Gasteiger partial charge in [-0.2, -0.15) is 0 Å². The Morgan fingerprint density at radius 3 is 2.55 bits per heavy atom. The highest BCUT2D eigenvalue weighted by Gasteiger charge is 2.04. The summed E-state index contributed by atoms with van der Waals surface area (Å²) in [5.74, 6) is -0.340. The van der Waals surface area contributed by atoms with Crippen LogP contribution < -0.4 is 10.6 Å². The van der Waals surface area contributed by atoms with Gasteiger partial charge < -0.3 is 20.3 Å². The van der Waals surface area contributed by atoms with Gasteiger partial charge in [0.25, 0.3) is 0 Å². The van der Waals surface area contributed by atoms with Crippen molar-refractivity contribution in [1.29, 1.82) is 0 Å². The molecule has 2 aromatic rings. The fourth-order valence-electron chi connectivity index (χ4n) is 1.56. The van der Waals surface area contributed by atoms with E-state index in [2.05, 4.69) is 15.8 Å². The molecular formula is C13H13N3O4. The first-order valence-corrected chi connectivity index (χ1v) is 5.88. The average molecular weight is 275 g/mol. The van der Waals surface area contributed by atoms with E-state index in [1.54, 1.807) is 30.3 Å². The van der Waals surface area contributed by atoms with E-state index in [-0.39, 0.29) is 19.0 Å². The van der Waals surface area contributed by atoms with E-state index < -0.39 is 5.97 Å². The van der Waals surface area contributed by atoms with Crippen LogP contribution in [0.4, 0.5) is 10.5 Å². The van der Waals surface area contributed by atoms with Crippen LogP contribution in [-0.4, -0.2) is 22.3 Å². The molecule has 1 aromatic carbocycles. The van der Waals surface area contributed by atoms with Crippen molar-refractivity contribution in [2.75, 3.05) is 5.32 Å². The van der Waals surface area contributed by atoms with Crippen LogP contribution in [0, 0.1) is 0 Å². The Balaban J connectivity index is 1.83. The van der Waals surface area contributed by atoms with Gasteiger partial charge in [0.1, 0.15) is 0 Å². The number of nitrogens with zero attached hydrogens (tertiary/aromatic N) is 1. The van der Waals surface area contributed by atoms with Gasteiger partial charge in [0.2, 0.25) is 0 Å². The average Bonchev–Trinajstić information content (AvgIpc) is 2.91. The number of carboxylic acids is 1. The van der Waals surface area contributed by atoms with Crippen molar-refractivity contribution in [2.45, 2.75) is 13.0 Å². The number of benzene rings is 1. The smallest absolute Gasteiger partial charge is 0.319 e. The van der Waals surface area contributed by atoms with Gasteiger partial charge in [-0.15, -0.1) is 0 Å². The third kappa shape index (κ3) is 4.13. The Morgan fingerprint density at radius 1 is 1.20 bits per heavy atom. The van der Waals surface area contributed by atoms with Crippen LogP contribution >= 0.6 is 0 Å². The zero-order valence-electron chi connectivity index (χ0n) is 10.5. The number of urea groups is 1. The molecule has 7 heteroatoms. The number of aromatic nitrogens is 1. The van der Waals surface area contributed by atoms with Crippen LogP contribution in [0.5, 0.6) is 0 Å². The topological polar surface area (TPSA) is 104 Å². The second-order valence-corrected chi connectivity index (χ2v) is 4.05. The monoisotopic (exact) mass is 275 g/mol. The van der Waals surface area contributed by atoms with Gasteiger partial charge in [0.05, 0.1) is 19.2 Å². The minimum atomic E-state index is -0.893. The van der Waals surface area contributed by atoms with Crippen molar-refractivity contribution in [2.24, 2.45) is 0 Å². The van der Waals surface area contributed by atoms with Crippen molar-refractivity contribution in [1.82, 2.24) is 10.5 Å². The molecule has 20 heavy (non-hydrogen) atoms. The molecular weight excluding hydrogens is 262 g/mol. The third-order valence-electron chi connectivity index (χ3n) is 2.48. The number of hydrogen-bond acceptors (Lipinski definition) is 4. The van der Waals surface area contributed by atoms with E-state index in [9.17, 15) is 9.59 Å². The first-order valence-electron chi connectivity index (χ1n) is 5.88. The predicted octanol–water partition coefficient (Wildman–Crippen LogP) is 1.62. The molecule has 0 aliphatic carbocycles. The molecule has 7 nitrogen and oxygen atoms in total. The third-order valence-corrected chi connectivity index (χ3v) is 2.48. The van der Waals surface area contributed by atoms with Crippen LogP contribution in [0.2, 0.25) is 0 Å². The van der Waals surface area contributed by atoms with Gasteiger partial charge in [-0.1, -0.05) is 17.3 Å². The quantitative estimate of drug-likeness (QED) is 0.769. The maximum Gasteiger partial charge on any atom is 0.319 e. The summed E-state index contributed by atoms with van der Waals surface area (Å²) in [7, 11) is 0. The van der Waals surface area contributed by atoms with Crippen molar-refractivity contribution >= 4 is 17.7 Å². The molecule has 1 aromatic heterocycles. The molecule has 0 saturated heterocycles. The van der Waals surface area contributed by atoms with Crippen LogP contribution in [0.3, 0.4) is 0 Å². The summed E-state index contributed by atoms with van der Waals surface area (Å²) in [6, 6.07) is 7.87. The Kier molecular flexibility index (Phi) is 4.33. The van der Waals surface area contributed by atoms with Crippen molar-refractivity contribution < 1.29 is 19.2 Å². The van der Waals surface area contributed by atoms with Gasteiger partial charge in [0.15, 0.2) is 5.76 Å². The minimum absolute atomic E-state index is 0.0437. The number of hydrogen-bond donors (Lipinski definition) is 3. The predicted molar refractivity (Wildman–Crippen MR) is 70.1 cm³/mol. The van der Waals surface area contributed by atoms with Gasteiger partial charge in [-0.25, -0.2) is 4.79 Å². The standard InChI is InChI=1S/C13H13N3O4/c17-12(18)7-9-1-3-10(4-2-9)16-13(19)14-8-11-5-6-15-20-11/h1-6H,7-8H2,(H,17,18)(H2,14,16,19). The summed E-state index contributed by atoms with van der Waals surface area (Å²) >= 11 is 0. The first kappa shape index (κ1) is 13.6. The number of rotatable bonds is 5. The molecule has 0 bridgehead atoms. The number of aliphatic carboxylic acids is 1. The molecule has 0 atom stereocenters. The molecule has 3 N–H and O–H groups in total. The molecule has 0 aliphatic rings. The number of nitrogens with one attached hydrogen (secondary N) is 2. The molecule has 2 amide bonds. The summed E-state index contributed by atoms with van der Waals surface area (Å²) in [6.07, 6.45) is 1.45. The minimum Gasteiger partial charge on any atom is -0.481 e. The highest BCUT2D eigenvalue weighted by Crippen LogP contribution is 2.10. The highest BCUT2D eigenvalue weighted by molar-refractivity contribution is 5.89. The number of carbonyl (C=O) groups excluding carboxylic acids is 1. The number of anilines is 1. The molecule has 0 fully saturated rings. The highest BCUT2D eigenvalue weighted by atomic mass is 16.5. The second-order valence-electron chi connectivity index (χ2n) is 4.05. The summed E-state index contributed by atoms with van der Waals surface area (Å²) < 4.78 is 4.84. The maximum absolute atomic E-state index is 11.6. The molecule has 0 unspecified atom stereocenters. The van der Waals surface area contributed by atoms with Crippen LogP contribution in [0.25, 0.3) is 0 Å². The normalized spacial score (nSPS) is 10.0. The van der Waals surface area contributed by atoms with Crippen LogP contribution in [0.1, 0.15) is 11.3 Å². The molecule has 0 radical (unpaired) electrons. The second kappa shape index (κ2) is 6.37. The van der Waals surface area contributed by atoms with Crippen molar-refractivity contribution in [3.8, 4) is 0 Å². The lowest BCUT2D eigenvalue weighted by Gasteiger charge is -2.06. The molecule has 2 rings (SSSR count). The van der Waals surface area contributed by atoms with Gasteiger partial charge in [-0.05, 0) is 17.7 Å². The molecule has 0 aliphatic heterocycles. The Labute approximate surface area is 114 Å². The Bertz CT molecular complexity index is 578. The summed E-state index contributed by atoms with van der Waals surface area (Å²) in [5, 5.41) is 17.4. The van der Waals surface area contributed by atoms with Crippen molar-refractivity contribution in [3.05, 3.63) is 47.9 Å². The number of carboxylic acid groups (broad SMARTS) is 1. The van der Waals surface area contributed by atoms with Crippen molar-refractivity contribution in [3.63, 3.8) is 0 Å². The molecule has 1 heterocycles. The van der Waals surface area contributed by atoms with E-state index in [1.165, 1.54) is 6.20 Å². The fraction of sp³-hybridized carbons (Fsp3) is 0.154. The lowest BCUT2D eigenvalue weighted by Crippen LogP contribution is -2.27. The zero-order chi connectivity index (χ0) is 14.4. The van der Waals surface area contributed by atoms with Gasteiger partial charge in [-0.3, -0.25) is 4.79 Å². The number of amides is 2. The summed E-state index contributed by atoms with van der Waals surface area (Å²) in [4.78, 5) is 22.1. The lowest BCUT2D eigenvalue weighted by molar-refractivity contribution is -0.136. The van der Waals surface area contributed by atoms with E-state index in [0.29, 0.717) is 17.0 Å². The number of carbonyl (C=O) groups is 2. The SMILES string of the molecule is O=C(O)Cc1ccc(NC(=O)NCc2ccno2)cc1. The Hall–Kier alpha value is -2.83. The fourth-order valence-corrected chi connectivity index (χ4v) is 1.56. The molecule has 0 spiro atoms. The van der Waals surface area contributed by atoms with Gasteiger partial charge in [0, 0.05) is 11.8 Å². The van der Waals surface area contributed by atoms with E-state index in [1.807, 2.05) is 0 Å². The first-order chi connectivity index (χ1) is 9.63. The van der Waals surface area contributed by atoms with E-state index >= 15 is 0 Å². The maximum atomic E-state index is 11.6. The summed E-state index contributed by atoms with van der Waals surface area (Å²) in [5.41, 5.74) is 1.25. The van der Waals surface area contributed by atoms with E-state index in [0.717, 1.165) is 0 Å². The summed E-state index contributed by atoms with van der Waals surface area (Å²) in [6.45, 7) is 0.239. The lowest BCUT2D eigenvalue weighted by atomic mass is 10.1.